The van der Waals surface area contributed by atoms with Crippen molar-refractivity contribution in [2.75, 3.05) is 0 Å². The van der Waals surface area contributed by atoms with Crippen molar-refractivity contribution in [1.29, 1.82) is 0 Å². The van der Waals surface area contributed by atoms with Crippen LogP contribution in [-0.4, -0.2) is 17.8 Å². The van der Waals surface area contributed by atoms with Crippen molar-refractivity contribution in [3.8, 4) is 23.7 Å². The second-order valence-electron chi connectivity index (χ2n) is 8.03. The molecule has 0 amide bonds. The lowest BCUT2D eigenvalue weighted by atomic mass is 10.1. The Kier molecular flexibility index (Phi) is 6.27. The maximum Gasteiger partial charge on any atom is 0.380 e. The molecule has 0 bridgehead atoms. The van der Waals surface area contributed by atoms with E-state index in [-0.39, 0.29) is 19.5 Å². The zero-order chi connectivity index (χ0) is 26.3. The molecule has 0 saturated heterocycles. The number of rotatable bonds is 2. The average molecular weight is 541 g/mol. The molecule has 2 heterocycles. The van der Waals surface area contributed by atoms with Gasteiger partial charge in [0.25, 0.3) is 0 Å². The van der Waals surface area contributed by atoms with E-state index in [1.165, 1.54) is 12.1 Å². The van der Waals surface area contributed by atoms with Gasteiger partial charge in [-0.3, -0.25) is 0 Å². The van der Waals surface area contributed by atoms with E-state index in [4.69, 9.17) is 0 Å². The van der Waals surface area contributed by atoms with Crippen LogP contribution in [0.5, 0.6) is 0 Å². The molecule has 0 N–H and O–H groups in total. The van der Waals surface area contributed by atoms with Gasteiger partial charge in [-0.05, 0) is 48.5 Å². The third-order valence-electron chi connectivity index (χ3n) is 5.58. The third kappa shape index (κ3) is 4.37. The molecule has 1 aliphatic rings. The van der Waals surface area contributed by atoms with Gasteiger partial charge < -0.3 is 0 Å². The van der Waals surface area contributed by atoms with Gasteiger partial charge in [0.15, 0.2) is 0 Å². The summed E-state index contributed by atoms with van der Waals surface area (Å²) in [5, 5.41) is 0. The second kappa shape index (κ2) is 9.30. The molecule has 0 unspecified atom stereocenters. The smallest absolute Gasteiger partial charge is 0.194 e. The van der Waals surface area contributed by atoms with Crippen molar-refractivity contribution in [2.24, 2.45) is 0 Å². The minimum absolute atomic E-state index is 0.278. The summed E-state index contributed by atoms with van der Waals surface area (Å²) < 4.78 is 89.1. The van der Waals surface area contributed by atoms with Crippen LogP contribution in [0.2, 0.25) is 0 Å². The molecule has 0 fully saturated rings. The summed E-state index contributed by atoms with van der Waals surface area (Å²) in [6.07, 6.45) is 0. The predicted molar refractivity (Wildman–Crippen MR) is 135 cm³/mol. The van der Waals surface area contributed by atoms with Crippen molar-refractivity contribution in [1.82, 2.24) is 0 Å². The molecule has 2 aromatic carbocycles. The first-order valence-corrected chi connectivity index (χ1v) is 12.5. The van der Waals surface area contributed by atoms with Crippen LogP contribution in [0.1, 0.15) is 30.6 Å². The molecule has 5 rings (SSSR count). The summed E-state index contributed by atoms with van der Waals surface area (Å²) in [6, 6.07) is 22.6. The maximum absolute atomic E-state index is 15.0. The SMILES string of the molecule is FC1(F)C(c2ccc(C#Cc3ccccc3)s2)=C(c2ccc(C#Cc3ccccc3)s2)C(F)(F)C1(F)F. The van der Waals surface area contributed by atoms with Gasteiger partial charge in [0.05, 0.1) is 20.9 Å². The third-order valence-corrected chi connectivity index (χ3v) is 7.62. The Morgan fingerprint density at radius 2 is 0.838 bits per heavy atom. The summed E-state index contributed by atoms with van der Waals surface area (Å²) in [6.45, 7) is 0. The Hall–Kier alpha value is -3.72. The maximum atomic E-state index is 15.0. The van der Waals surface area contributed by atoms with E-state index in [0.717, 1.165) is 12.1 Å². The fourth-order valence-electron chi connectivity index (χ4n) is 3.77. The molecule has 4 aromatic rings. The number of halogens is 6. The van der Waals surface area contributed by atoms with Crippen molar-refractivity contribution in [3.63, 3.8) is 0 Å². The first-order valence-electron chi connectivity index (χ1n) is 10.8. The standard InChI is InChI=1S/C29H14F6S2/c30-27(31)25(23-17-15-21(36-23)13-11-19-7-3-1-4-8-19)26(28(32,33)29(27,34)35)24-18-16-22(37-24)14-12-20-9-5-2-6-10-20/h1-10,15-18H. The molecule has 184 valence electrons. The lowest BCUT2D eigenvalue weighted by molar-refractivity contribution is -0.254. The quantitative estimate of drug-likeness (QED) is 0.177. The largest absolute Gasteiger partial charge is 0.380 e. The van der Waals surface area contributed by atoms with E-state index in [1.807, 2.05) is 0 Å². The highest BCUT2D eigenvalue weighted by Crippen LogP contribution is 2.65. The number of alkyl halides is 6. The van der Waals surface area contributed by atoms with E-state index in [2.05, 4.69) is 23.7 Å². The molecule has 8 heteroatoms. The van der Waals surface area contributed by atoms with E-state index in [0.29, 0.717) is 33.8 Å². The highest BCUT2D eigenvalue weighted by molar-refractivity contribution is 7.14. The molecule has 2 aromatic heterocycles. The van der Waals surface area contributed by atoms with Gasteiger partial charge in [-0.15, -0.1) is 22.7 Å². The predicted octanol–water partition coefficient (Wildman–Crippen LogP) is 8.44. The van der Waals surface area contributed by atoms with Crippen LogP contribution >= 0.6 is 22.7 Å². The van der Waals surface area contributed by atoms with Crippen LogP contribution in [0.4, 0.5) is 26.3 Å². The fraction of sp³-hybridized carbons (Fsp3) is 0.103. The van der Waals surface area contributed by atoms with E-state index >= 15 is 0 Å². The van der Waals surface area contributed by atoms with Crippen LogP contribution in [0.3, 0.4) is 0 Å². The van der Waals surface area contributed by atoms with Crippen LogP contribution in [0.25, 0.3) is 11.1 Å². The lowest BCUT2D eigenvalue weighted by Gasteiger charge is -2.25. The summed E-state index contributed by atoms with van der Waals surface area (Å²) in [5.74, 6) is -4.57. The molecule has 37 heavy (non-hydrogen) atoms. The summed E-state index contributed by atoms with van der Waals surface area (Å²) in [7, 11) is 0. The first-order chi connectivity index (χ1) is 17.6. The van der Waals surface area contributed by atoms with E-state index < -0.39 is 28.9 Å². The number of allylic oxidation sites excluding steroid dienone is 2. The second-order valence-corrected chi connectivity index (χ2v) is 10.2. The van der Waals surface area contributed by atoms with Gasteiger partial charge in [-0.25, -0.2) is 0 Å². The molecule has 0 nitrogen and oxygen atoms in total. The first kappa shape index (κ1) is 25.0. The Morgan fingerprint density at radius 1 is 0.459 bits per heavy atom. The highest BCUT2D eigenvalue weighted by atomic mass is 32.1. The normalized spacial score (nSPS) is 17.0. The minimum Gasteiger partial charge on any atom is -0.194 e. The Bertz CT molecular complexity index is 1480. The molecule has 0 atom stereocenters. The fourth-order valence-corrected chi connectivity index (χ4v) is 5.66. The van der Waals surface area contributed by atoms with Gasteiger partial charge in [0.1, 0.15) is 0 Å². The Labute approximate surface area is 216 Å². The lowest BCUT2D eigenvalue weighted by Crippen LogP contribution is -2.48. The van der Waals surface area contributed by atoms with Crippen molar-refractivity contribution >= 4 is 33.8 Å². The zero-order valence-corrected chi connectivity index (χ0v) is 20.3. The van der Waals surface area contributed by atoms with Gasteiger partial charge in [0.2, 0.25) is 0 Å². The average Bonchev–Trinajstić information content (AvgIpc) is 3.57. The Balaban J connectivity index is 1.59. The molecule has 0 radical (unpaired) electrons. The van der Waals surface area contributed by atoms with Crippen molar-refractivity contribution in [2.45, 2.75) is 17.8 Å². The van der Waals surface area contributed by atoms with Gasteiger partial charge in [0, 0.05) is 20.9 Å². The topological polar surface area (TPSA) is 0 Å². The van der Waals surface area contributed by atoms with Crippen molar-refractivity contribution < 1.29 is 26.3 Å². The zero-order valence-electron chi connectivity index (χ0n) is 18.7. The van der Waals surface area contributed by atoms with Gasteiger partial charge in [-0.2, -0.15) is 26.3 Å². The van der Waals surface area contributed by atoms with Crippen LogP contribution in [0.15, 0.2) is 84.9 Å². The summed E-state index contributed by atoms with van der Waals surface area (Å²) >= 11 is 1.33. The number of hydrogen-bond donors (Lipinski definition) is 0. The van der Waals surface area contributed by atoms with E-state index in [1.54, 1.807) is 60.7 Å². The highest BCUT2D eigenvalue weighted by Gasteiger charge is 2.80. The molecular weight excluding hydrogens is 526 g/mol. The van der Waals surface area contributed by atoms with E-state index in [9.17, 15) is 26.3 Å². The van der Waals surface area contributed by atoms with Crippen LogP contribution in [-0.2, 0) is 0 Å². The number of benzene rings is 2. The monoisotopic (exact) mass is 540 g/mol. The molecular formula is C29H14F6S2. The van der Waals surface area contributed by atoms with Crippen molar-refractivity contribution in [3.05, 3.63) is 116 Å². The van der Waals surface area contributed by atoms with Gasteiger partial charge >= 0.3 is 17.8 Å². The minimum atomic E-state index is -5.61. The molecule has 0 saturated carbocycles. The van der Waals surface area contributed by atoms with Gasteiger partial charge in [-0.1, -0.05) is 60.1 Å². The molecule has 0 spiro atoms. The molecule has 0 aliphatic heterocycles. The summed E-state index contributed by atoms with van der Waals surface area (Å²) in [4.78, 5) is -0.222. The number of thiophene rings is 2. The number of hydrogen-bond acceptors (Lipinski definition) is 2. The molecule has 1 aliphatic carbocycles. The summed E-state index contributed by atoms with van der Waals surface area (Å²) in [5.41, 5.74) is -1.46. The van der Waals surface area contributed by atoms with Crippen LogP contribution in [0, 0.1) is 23.7 Å². The Morgan fingerprint density at radius 3 is 1.22 bits per heavy atom. The van der Waals surface area contributed by atoms with Crippen LogP contribution < -0.4 is 0 Å².